The lowest BCUT2D eigenvalue weighted by Gasteiger charge is -2.33. The van der Waals surface area contributed by atoms with Gasteiger partial charge in [-0.1, -0.05) is 26.0 Å². The van der Waals surface area contributed by atoms with Gasteiger partial charge in [0.15, 0.2) is 6.10 Å². The normalized spacial score (nSPS) is 17.7. The van der Waals surface area contributed by atoms with Gasteiger partial charge in [0.25, 0.3) is 12.3 Å². The average molecular weight is 419 g/mol. The van der Waals surface area contributed by atoms with Crippen LogP contribution < -0.4 is 10.1 Å². The average Bonchev–Trinajstić information content (AvgIpc) is 2.55. The van der Waals surface area contributed by atoms with E-state index in [9.17, 15) is 13.6 Å². The molecule has 1 aromatic carbocycles. The monoisotopic (exact) mass is 418 g/mol. The van der Waals surface area contributed by atoms with Crippen molar-refractivity contribution in [3.05, 3.63) is 28.7 Å². The highest BCUT2D eigenvalue weighted by Crippen LogP contribution is 2.26. The molecule has 0 bridgehead atoms. The molecule has 25 heavy (non-hydrogen) atoms. The first kappa shape index (κ1) is 20.1. The van der Waals surface area contributed by atoms with Crippen molar-refractivity contribution in [3.63, 3.8) is 0 Å². The van der Waals surface area contributed by atoms with Crippen molar-refractivity contribution in [1.82, 2.24) is 10.2 Å². The molecule has 1 aliphatic heterocycles. The second kappa shape index (κ2) is 9.48. The largest absolute Gasteiger partial charge is 0.479 e. The molecule has 0 radical (unpaired) electrons. The van der Waals surface area contributed by atoms with Crippen LogP contribution in [-0.4, -0.2) is 49.0 Å². The molecule has 4 nitrogen and oxygen atoms in total. The predicted molar refractivity (Wildman–Crippen MR) is 97.0 cm³/mol. The maximum Gasteiger partial charge on any atom is 0.261 e. The minimum Gasteiger partial charge on any atom is -0.479 e. The molecule has 0 saturated carbocycles. The molecule has 0 spiro atoms. The van der Waals surface area contributed by atoms with Crippen LogP contribution in [0.5, 0.6) is 5.75 Å². The van der Waals surface area contributed by atoms with E-state index in [0.717, 1.165) is 4.47 Å². The Morgan fingerprint density at radius 3 is 2.52 bits per heavy atom. The van der Waals surface area contributed by atoms with Gasteiger partial charge in [-0.2, -0.15) is 0 Å². The molecule has 0 aromatic heterocycles. The van der Waals surface area contributed by atoms with E-state index in [0.29, 0.717) is 31.7 Å². The van der Waals surface area contributed by atoms with E-state index < -0.39 is 12.5 Å². The summed E-state index contributed by atoms with van der Waals surface area (Å²) < 4.78 is 31.6. The van der Waals surface area contributed by atoms with Crippen molar-refractivity contribution >= 4 is 21.8 Å². The van der Waals surface area contributed by atoms with Gasteiger partial charge in [-0.3, -0.25) is 9.69 Å². The van der Waals surface area contributed by atoms with Crippen molar-refractivity contribution in [1.29, 1.82) is 0 Å². The fraction of sp³-hybridized carbons (Fsp3) is 0.611. The molecule has 1 unspecified atom stereocenters. The van der Waals surface area contributed by atoms with Gasteiger partial charge >= 0.3 is 0 Å². The molecule has 0 aliphatic carbocycles. The first-order valence-corrected chi connectivity index (χ1v) is 9.38. The van der Waals surface area contributed by atoms with E-state index in [1.165, 1.54) is 0 Å². The molecule has 1 fully saturated rings. The predicted octanol–water partition coefficient (Wildman–Crippen LogP) is 3.70. The van der Waals surface area contributed by atoms with Gasteiger partial charge in [0.1, 0.15) is 5.75 Å². The number of nitrogens with zero attached hydrogens (tertiary/aromatic N) is 1. The van der Waals surface area contributed by atoms with Gasteiger partial charge in [0, 0.05) is 19.1 Å². The number of amides is 1. The topological polar surface area (TPSA) is 41.6 Å². The Morgan fingerprint density at radius 2 is 1.96 bits per heavy atom. The van der Waals surface area contributed by atoms with Crippen LogP contribution >= 0.6 is 15.9 Å². The number of nitrogens with one attached hydrogen (secondary N) is 1. The van der Waals surface area contributed by atoms with Crippen LogP contribution in [0.2, 0.25) is 0 Å². The molecule has 1 atom stereocenters. The van der Waals surface area contributed by atoms with Gasteiger partial charge in [-0.15, -0.1) is 0 Å². The number of halogens is 3. The number of para-hydroxylation sites is 1. The van der Waals surface area contributed by atoms with Gasteiger partial charge in [0.2, 0.25) is 0 Å². The Morgan fingerprint density at radius 1 is 1.32 bits per heavy atom. The number of alkyl halides is 2. The van der Waals surface area contributed by atoms with Crippen LogP contribution in [0.1, 0.15) is 26.7 Å². The van der Waals surface area contributed by atoms with Crippen molar-refractivity contribution < 1.29 is 18.3 Å². The van der Waals surface area contributed by atoms with Crippen LogP contribution in [0.25, 0.3) is 0 Å². The zero-order valence-corrected chi connectivity index (χ0v) is 16.1. The van der Waals surface area contributed by atoms with Crippen molar-refractivity contribution in [2.24, 2.45) is 5.92 Å². The van der Waals surface area contributed by atoms with Crippen molar-refractivity contribution in [2.75, 3.05) is 19.6 Å². The quantitative estimate of drug-likeness (QED) is 0.733. The first-order valence-electron chi connectivity index (χ1n) is 8.59. The Kier molecular flexibility index (Phi) is 7.62. The number of hydrogen-bond donors (Lipinski definition) is 1. The maximum absolute atomic E-state index is 12.6. The third-order valence-corrected chi connectivity index (χ3v) is 4.94. The number of ether oxygens (including phenoxy) is 1. The van der Waals surface area contributed by atoms with E-state index in [4.69, 9.17) is 4.74 Å². The summed E-state index contributed by atoms with van der Waals surface area (Å²) in [5.74, 6) is 0.479. The Bertz CT molecular complexity index is 564. The van der Waals surface area contributed by atoms with Gasteiger partial charge in [0.05, 0.1) is 11.0 Å². The summed E-state index contributed by atoms with van der Waals surface area (Å²) in [5.41, 5.74) is 0. The Labute approximate surface area is 156 Å². The first-order chi connectivity index (χ1) is 11.9. The molecule has 1 amide bonds. The number of rotatable bonds is 7. The second-order valence-corrected chi connectivity index (χ2v) is 7.54. The lowest BCUT2D eigenvalue weighted by atomic mass is 10.0. The van der Waals surface area contributed by atoms with E-state index in [-0.39, 0.29) is 24.4 Å². The number of carbonyl (C=O) groups excluding carboxylic acids is 1. The highest BCUT2D eigenvalue weighted by atomic mass is 79.9. The molecular weight excluding hydrogens is 394 g/mol. The summed E-state index contributed by atoms with van der Waals surface area (Å²) in [4.78, 5) is 14.4. The molecule has 2 rings (SSSR count). The summed E-state index contributed by atoms with van der Waals surface area (Å²) in [6.45, 7) is 4.83. The van der Waals surface area contributed by atoms with E-state index in [1.807, 2.05) is 38.1 Å². The van der Waals surface area contributed by atoms with Gasteiger partial charge in [-0.05, 0) is 46.8 Å². The second-order valence-electron chi connectivity index (χ2n) is 6.69. The number of likely N-dealkylation sites (tertiary alicyclic amines) is 1. The number of hydrogen-bond acceptors (Lipinski definition) is 3. The fourth-order valence-electron chi connectivity index (χ4n) is 2.91. The van der Waals surface area contributed by atoms with Crippen molar-refractivity contribution in [2.45, 2.75) is 45.3 Å². The minimum absolute atomic E-state index is 0.00508. The molecule has 140 valence electrons. The Balaban J connectivity index is 1.90. The minimum atomic E-state index is -2.31. The smallest absolute Gasteiger partial charge is 0.261 e. The summed E-state index contributed by atoms with van der Waals surface area (Å²) in [5, 5.41) is 3.02. The van der Waals surface area contributed by atoms with Crippen LogP contribution in [0.4, 0.5) is 8.78 Å². The fourth-order valence-corrected chi connectivity index (χ4v) is 3.29. The van der Waals surface area contributed by atoms with E-state index in [2.05, 4.69) is 21.2 Å². The number of carbonyl (C=O) groups is 1. The number of benzene rings is 1. The molecule has 1 N–H and O–H groups in total. The molecular formula is C18H25BrF2N2O2. The van der Waals surface area contributed by atoms with Crippen LogP contribution in [0.3, 0.4) is 0 Å². The highest BCUT2D eigenvalue weighted by Gasteiger charge is 2.29. The van der Waals surface area contributed by atoms with Gasteiger partial charge < -0.3 is 10.1 Å². The molecule has 7 heteroatoms. The third kappa shape index (κ3) is 6.22. The number of piperidine rings is 1. The van der Waals surface area contributed by atoms with Crippen LogP contribution in [-0.2, 0) is 4.79 Å². The summed E-state index contributed by atoms with van der Waals surface area (Å²) in [6.07, 6.45) is -1.55. The maximum atomic E-state index is 12.6. The molecule has 1 saturated heterocycles. The zero-order valence-electron chi connectivity index (χ0n) is 14.6. The van der Waals surface area contributed by atoms with Gasteiger partial charge in [-0.25, -0.2) is 8.78 Å². The standard InChI is InChI=1S/C18H25BrF2N2O2/c1-12(2)17(25-15-6-4-3-5-14(15)19)18(24)22-13-7-9-23(10-8-13)11-16(20)21/h3-6,12-13,16-17H,7-11H2,1-2H3,(H,22,24). The molecule has 1 aromatic rings. The molecule has 1 aliphatic rings. The lowest BCUT2D eigenvalue weighted by molar-refractivity contribution is -0.131. The SMILES string of the molecule is CC(C)C(Oc1ccccc1Br)C(=O)NC1CCN(CC(F)F)CC1. The highest BCUT2D eigenvalue weighted by molar-refractivity contribution is 9.10. The van der Waals surface area contributed by atoms with Crippen LogP contribution in [0.15, 0.2) is 28.7 Å². The third-order valence-electron chi connectivity index (χ3n) is 4.28. The van der Waals surface area contributed by atoms with E-state index in [1.54, 1.807) is 4.90 Å². The van der Waals surface area contributed by atoms with Crippen LogP contribution in [0, 0.1) is 5.92 Å². The summed E-state index contributed by atoms with van der Waals surface area (Å²) in [6, 6.07) is 7.42. The zero-order chi connectivity index (χ0) is 18.4. The molecule has 1 heterocycles. The van der Waals surface area contributed by atoms with Crippen molar-refractivity contribution in [3.8, 4) is 5.75 Å². The lowest BCUT2D eigenvalue weighted by Crippen LogP contribution is -2.50. The Hall–Kier alpha value is -1.21. The summed E-state index contributed by atoms with van der Waals surface area (Å²) in [7, 11) is 0. The van der Waals surface area contributed by atoms with E-state index >= 15 is 0 Å². The summed E-state index contributed by atoms with van der Waals surface area (Å²) >= 11 is 3.42.